The minimum Gasteiger partial charge on any atom is -0.258 e. The van der Waals surface area contributed by atoms with Gasteiger partial charge in [0.2, 0.25) is 0 Å². The molecular weight excluding hydrogens is 368 g/mol. The van der Waals surface area contributed by atoms with Gasteiger partial charge in [-0.2, -0.15) is 0 Å². The van der Waals surface area contributed by atoms with Crippen LogP contribution in [0.5, 0.6) is 0 Å². The van der Waals surface area contributed by atoms with Crippen molar-refractivity contribution in [3.05, 3.63) is 93.0 Å². The van der Waals surface area contributed by atoms with E-state index < -0.39 is 4.92 Å². The van der Waals surface area contributed by atoms with Gasteiger partial charge in [0, 0.05) is 38.7 Å². The fourth-order valence-corrected chi connectivity index (χ4v) is 3.27. The van der Waals surface area contributed by atoms with Gasteiger partial charge in [-0.05, 0) is 49.4 Å². The van der Waals surface area contributed by atoms with Crippen LogP contribution >= 0.6 is 23.4 Å². The van der Waals surface area contributed by atoms with Gasteiger partial charge in [0.1, 0.15) is 0 Å². The second-order valence-electron chi connectivity index (χ2n) is 5.63. The van der Waals surface area contributed by atoms with Crippen LogP contribution in [0.1, 0.15) is 11.1 Å². The lowest BCUT2D eigenvalue weighted by atomic mass is 10.2. The Morgan fingerprint density at radius 1 is 1.04 bits per heavy atom. The molecule has 0 aliphatic carbocycles. The van der Waals surface area contributed by atoms with Crippen molar-refractivity contribution >= 4 is 41.0 Å². The predicted molar refractivity (Wildman–Crippen MR) is 107 cm³/mol. The van der Waals surface area contributed by atoms with Gasteiger partial charge in [0.05, 0.1) is 10.6 Å². The van der Waals surface area contributed by atoms with Crippen LogP contribution in [0.4, 0.5) is 11.4 Å². The summed E-state index contributed by atoms with van der Waals surface area (Å²) in [5, 5.41) is 11.8. The molecule has 4 nitrogen and oxygen atoms in total. The third kappa shape index (κ3) is 4.71. The van der Waals surface area contributed by atoms with E-state index in [-0.39, 0.29) is 5.69 Å². The summed E-state index contributed by atoms with van der Waals surface area (Å²) < 4.78 is 0. The Balaban J connectivity index is 1.94. The van der Waals surface area contributed by atoms with Crippen molar-refractivity contribution in [3.63, 3.8) is 0 Å². The summed E-state index contributed by atoms with van der Waals surface area (Å²) in [5.74, 6) is 0. The van der Waals surface area contributed by atoms with E-state index >= 15 is 0 Å². The largest absolute Gasteiger partial charge is 0.270 e. The molecule has 0 fully saturated rings. The van der Waals surface area contributed by atoms with E-state index in [2.05, 4.69) is 4.99 Å². The maximum Gasteiger partial charge on any atom is 0.270 e. The number of nitro groups is 1. The highest BCUT2D eigenvalue weighted by atomic mass is 35.5. The molecule has 0 N–H and O–H groups in total. The SMILES string of the molecule is Cc1ccc(N=Cc2cc([N+](=O)[O-])ccc2Sc2ccc(Cl)cc2)cc1. The fraction of sp³-hybridized carbons (Fsp3) is 0.0500. The first-order chi connectivity index (χ1) is 12.5. The van der Waals surface area contributed by atoms with Crippen LogP contribution in [0.25, 0.3) is 0 Å². The molecule has 0 atom stereocenters. The van der Waals surface area contributed by atoms with Crippen LogP contribution in [0.2, 0.25) is 5.02 Å². The first-order valence-electron chi connectivity index (χ1n) is 7.84. The maximum absolute atomic E-state index is 11.1. The Morgan fingerprint density at radius 2 is 1.73 bits per heavy atom. The second-order valence-corrected chi connectivity index (χ2v) is 7.18. The first kappa shape index (κ1) is 18.2. The lowest BCUT2D eigenvalue weighted by Crippen LogP contribution is -1.92. The molecule has 3 aromatic carbocycles. The van der Waals surface area contributed by atoms with Crippen LogP contribution < -0.4 is 0 Å². The monoisotopic (exact) mass is 382 g/mol. The Hall–Kier alpha value is -2.63. The summed E-state index contributed by atoms with van der Waals surface area (Å²) in [7, 11) is 0. The molecule has 3 rings (SSSR count). The molecule has 0 radical (unpaired) electrons. The van der Waals surface area contributed by atoms with Crippen LogP contribution in [0.15, 0.2) is 81.5 Å². The number of nitrogens with zero attached hydrogens (tertiary/aromatic N) is 2. The van der Waals surface area contributed by atoms with E-state index in [0.717, 1.165) is 21.0 Å². The molecule has 0 aliphatic rings. The molecule has 6 heteroatoms. The number of aliphatic imine (C=N–C) groups is 1. The highest BCUT2D eigenvalue weighted by Crippen LogP contribution is 2.32. The maximum atomic E-state index is 11.1. The summed E-state index contributed by atoms with van der Waals surface area (Å²) in [5.41, 5.74) is 2.68. The molecule has 130 valence electrons. The molecule has 3 aromatic rings. The van der Waals surface area contributed by atoms with Gasteiger partial charge >= 0.3 is 0 Å². The molecule has 0 unspecified atom stereocenters. The molecular formula is C20H15ClN2O2S. The molecule has 0 spiro atoms. The molecule has 0 amide bonds. The fourth-order valence-electron chi connectivity index (χ4n) is 2.25. The zero-order chi connectivity index (χ0) is 18.5. The molecule has 0 aromatic heterocycles. The second kappa shape index (κ2) is 8.17. The number of aryl methyl sites for hydroxylation is 1. The van der Waals surface area contributed by atoms with Crippen molar-refractivity contribution in [1.82, 2.24) is 0 Å². The normalized spacial score (nSPS) is 11.0. The van der Waals surface area contributed by atoms with E-state index in [1.165, 1.54) is 23.9 Å². The Bertz CT molecular complexity index is 955. The minimum absolute atomic E-state index is 0.0378. The summed E-state index contributed by atoms with van der Waals surface area (Å²) in [4.78, 5) is 17.0. The number of non-ortho nitro benzene ring substituents is 1. The highest BCUT2D eigenvalue weighted by molar-refractivity contribution is 7.99. The van der Waals surface area contributed by atoms with Crippen molar-refractivity contribution in [2.45, 2.75) is 16.7 Å². The zero-order valence-corrected chi connectivity index (χ0v) is 15.5. The van der Waals surface area contributed by atoms with Gasteiger partial charge in [0.15, 0.2) is 0 Å². The minimum atomic E-state index is -0.403. The highest BCUT2D eigenvalue weighted by Gasteiger charge is 2.11. The van der Waals surface area contributed by atoms with E-state index in [1.54, 1.807) is 12.3 Å². The van der Waals surface area contributed by atoms with Gasteiger partial charge in [0.25, 0.3) is 5.69 Å². The number of hydrogen-bond donors (Lipinski definition) is 0. The van der Waals surface area contributed by atoms with Gasteiger partial charge in [-0.3, -0.25) is 15.1 Å². The van der Waals surface area contributed by atoms with Crippen LogP contribution in [-0.2, 0) is 0 Å². The zero-order valence-electron chi connectivity index (χ0n) is 13.9. The van der Waals surface area contributed by atoms with E-state index in [1.807, 2.05) is 55.5 Å². The van der Waals surface area contributed by atoms with E-state index in [9.17, 15) is 10.1 Å². The molecule has 26 heavy (non-hydrogen) atoms. The average Bonchev–Trinajstić information content (AvgIpc) is 2.64. The van der Waals surface area contributed by atoms with E-state index in [0.29, 0.717) is 10.6 Å². The Kier molecular flexibility index (Phi) is 5.71. The summed E-state index contributed by atoms with van der Waals surface area (Å²) in [6, 6.07) is 20.0. The smallest absolute Gasteiger partial charge is 0.258 e. The van der Waals surface area contributed by atoms with Crippen LogP contribution in [-0.4, -0.2) is 11.1 Å². The van der Waals surface area contributed by atoms with Crippen molar-refractivity contribution in [1.29, 1.82) is 0 Å². The molecule has 0 aliphatic heterocycles. The quantitative estimate of drug-likeness (QED) is 0.289. The number of rotatable bonds is 5. The summed E-state index contributed by atoms with van der Waals surface area (Å²) in [6.45, 7) is 2.01. The van der Waals surface area contributed by atoms with Crippen molar-refractivity contribution in [2.24, 2.45) is 4.99 Å². The van der Waals surface area contributed by atoms with Crippen molar-refractivity contribution < 1.29 is 4.92 Å². The third-order valence-electron chi connectivity index (χ3n) is 3.63. The third-order valence-corrected chi connectivity index (χ3v) is 4.98. The number of benzene rings is 3. The van der Waals surface area contributed by atoms with Gasteiger partial charge in [-0.25, -0.2) is 0 Å². The molecule has 0 saturated heterocycles. The molecule has 0 heterocycles. The Morgan fingerprint density at radius 3 is 2.38 bits per heavy atom. The van der Waals surface area contributed by atoms with Gasteiger partial charge in [-0.1, -0.05) is 41.1 Å². The first-order valence-corrected chi connectivity index (χ1v) is 9.03. The number of nitro benzene ring substituents is 1. The van der Waals surface area contributed by atoms with E-state index in [4.69, 9.17) is 11.6 Å². The van der Waals surface area contributed by atoms with Crippen LogP contribution in [0.3, 0.4) is 0 Å². The van der Waals surface area contributed by atoms with Gasteiger partial charge < -0.3 is 0 Å². The van der Waals surface area contributed by atoms with Crippen molar-refractivity contribution in [3.8, 4) is 0 Å². The summed E-state index contributed by atoms with van der Waals surface area (Å²) in [6.07, 6.45) is 1.66. The van der Waals surface area contributed by atoms with Crippen LogP contribution in [0, 0.1) is 17.0 Å². The lowest BCUT2D eigenvalue weighted by molar-refractivity contribution is -0.384. The average molecular weight is 383 g/mol. The molecule has 0 saturated carbocycles. The Labute approximate surface area is 160 Å². The topological polar surface area (TPSA) is 55.5 Å². The van der Waals surface area contributed by atoms with Crippen molar-refractivity contribution in [2.75, 3.05) is 0 Å². The molecule has 0 bridgehead atoms. The van der Waals surface area contributed by atoms with Gasteiger partial charge in [-0.15, -0.1) is 0 Å². The predicted octanol–water partition coefficient (Wildman–Crippen LogP) is 6.46. The number of halogens is 1. The standard InChI is InChI=1S/C20H15ClN2O2S/c1-14-2-6-17(7-3-14)22-13-15-12-18(23(24)25)8-11-20(15)26-19-9-4-16(21)5-10-19/h2-13H,1H3. The lowest BCUT2D eigenvalue weighted by Gasteiger charge is -2.06. The summed E-state index contributed by atoms with van der Waals surface area (Å²) >= 11 is 7.43. The number of hydrogen-bond acceptors (Lipinski definition) is 4.